The molecule has 35 heteroatoms. The van der Waals surface area contributed by atoms with E-state index in [2.05, 4.69) is 137 Å². The lowest BCUT2D eigenvalue weighted by Crippen LogP contribution is -2.33. The first-order valence-electron chi connectivity index (χ1n) is 39.2. The lowest BCUT2D eigenvalue weighted by Gasteiger charge is -2.21. The largest absolute Gasteiger partial charge is 0.371 e. The van der Waals surface area contributed by atoms with Crippen LogP contribution in [-0.2, 0) is 81.0 Å². The maximum absolute atomic E-state index is 12.5. The minimum Gasteiger partial charge on any atom is -0.371 e. The Balaban J connectivity index is 0.000000110. The molecule has 15 heterocycles. The highest BCUT2D eigenvalue weighted by molar-refractivity contribution is 6.09. The Bertz CT molecular complexity index is 6030. The van der Waals surface area contributed by atoms with Gasteiger partial charge in [0, 0.05) is 122 Å². The van der Waals surface area contributed by atoms with Crippen LogP contribution in [0.15, 0.2) is 152 Å². The normalized spacial score (nSPS) is 18.9. The molecule has 7 atom stereocenters. The number of fused-ring (bicyclic) bond motifs is 5. The van der Waals surface area contributed by atoms with Crippen molar-refractivity contribution in [1.82, 2.24) is 126 Å². The molecule has 0 amide bonds. The number of aromatic nitrogens is 25. The number of benzene rings is 5. The third kappa shape index (κ3) is 19.0. The van der Waals surface area contributed by atoms with E-state index in [1.54, 1.807) is 18.7 Å². The molecule has 0 bridgehead atoms. The summed E-state index contributed by atoms with van der Waals surface area (Å²) in [6, 6.07) is 38.3. The quantitative estimate of drug-likeness (QED) is 0.0206. The number of rotatable bonds is 30. The molecule has 10 aromatic heterocycles. The van der Waals surface area contributed by atoms with E-state index in [0.717, 1.165) is 103 Å². The summed E-state index contributed by atoms with van der Waals surface area (Å²) in [6.07, 6.45) is 15.1. The molecule has 5 aliphatic heterocycles. The lowest BCUT2D eigenvalue weighted by molar-refractivity contribution is 0.0971. The highest BCUT2D eigenvalue weighted by Gasteiger charge is 2.48. The standard InChI is InChI=1S/2C17H19N5O2.3C16H17N5O2/c1-17(2,15-10-24-15)22-9-11(18-21-22)7-8-14(23)16-12-5-3-4-6-13(12)19-20-16;1-17(2)15(24-17)10-22-9-11(18-21-22)7-8-14(23)16-12-5-3-4-6-13(12)19-20-16;1-16(10-23-16)9-21-8-11(17-20-21)6-7-14(22)15-12-4-2-3-5-13(12)18-19-15;1-10(15-9-23-15)21-8-11(17-20-21)6-7-14(22)16-12-4-2-3-5-13(12)18-19-16;1-10-15(23-10)9-21-8-11(17-20-21)6-7-14(22)16-12-4-2-3-5-13(12)18-19-16/h2*3-6,9,15H,7-8,10H2,1-2H3,(H,19,20);2-5,8H,6-7,9-10H2,1H3,(H,18,19);2*2-5,8,10,15H,6-7,9H2,1H3,(H,18,19). The summed E-state index contributed by atoms with van der Waals surface area (Å²) in [5, 5.41) is 80.7. The molecule has 0 aliphatic carbocycles. The molecule has 0 spiro atoms. The van der Waals surface area contributed by atoms with Crippen LogP contribution >= 0.6 is 0 Å². The van der Waals surface area contributed by atoms with Crippen molar-refractivity contribution in [2.24, 2.45) is 0 Å². The van der Waals surface area contributed by atoms with Gasteiger partial charge in [-0.25, -0.2) is 23.4 Å². The minimum absolute atomic E-state index is 0.00628. The molecule has 5 N–H and O–H groups in total. The number of nitrogens with one attached hydrogen (secondary N) is 5. The zero-order valence-electron chi connectivity index (χ0n) is 65.7. The van der Waals surface area contributed by atoms with E-state index in [-0.39, 0.29) is 76.1 Å². The second kappa shape index (κ2) is 33.6. The van der Waals surface area contributed by atoms with Crippen molar-refractivity contribution in [2.75, 3.05) is 19.8 Å². The predicted octanol–water partition coefficient (Wildman–Crippen LogP) is 9.70. The smallest absolute Gasteiger partial charge is 0.184 e. The average Bonchev–Trinajstić information content (AvgIpc) is 1.65. The van der Waals surface area contributed by atoms with E-state index < -0.39 is 0 Å². The predicted molar refractivity (Wildman–Crippen MR) is 425 cm³/mol. The van der Waals surface area contributed by atoms with E-state index in [1.807, 2.05) is 171 Å². The number of hydrogen-bond acceptors (Lipinski definition) is 25. The molecule has 20 rings (SSSR count). The monoisotopic (exact) mass is 1580 g/mol. The molecule has 117 heavy (non-hydrogen) atoms. The summed E-state index contributed by atoms with van der Waals surface area (Å²) in [5.41, 5.74) is 10.5. The highest BCUT2D eigenvalue weighted by atomic mass is 16.6. The van der Waals surface area contributed by atoms with E-state index in [0.29, 0.717) is 118 Å². The van der Waals surface area contributed by atoms with Crippen LogP contribution in [0.3, 0.4) is 0 Å². The van der Waals surface area contributed by atoms with Gasteiger partial charge in [-0.3, -0.25) is 49.5 Å². The number of H-pyrrole nitrogens is 5. The van der Waals surface area contributed by atoms with Gasteiger partial charge < -0.3 is 23.7 Å². The molecule has 35 nitrogen and oxygen atoms in total. The van der Waals surface area contributed by atoms with Crippen molar-refractivity contribution in [3.63, 3.8) is 0 Å². The Morgan fingerprint density at radius 2 is 0.786 bits per heavy atom. The Kier molecular flexibility index (Phi) is 22.5. The Morgan fingerprint density at radius 1 is 0.462 bits per heavy atom. The molecule has 7 unspecified atom stereocenters. The summed E-state index contributed by atoms with van der Waals surface area (Å²) < 4.78 is 35.9. The Hall–Kier alpha value is -12.7. The maximum atomic E-state index is 12.5. The number of ketones is 5. The number of carbonyl (C=O) groups is 5. The number of ether oxygens (including phenoxy) is 5. The molecule has 5 fully saturated rings. The Morgan fingerprint density at radius 3 is 1.14 bits per heavy atom. The van der Waals surface area contributed by atoms with Crippen molar-refractivity contribution in [1.29, 1.82) is 0 Å². The topological polar surface area (TPSA) is 445 Å². The molecule has 602 valence electrons. The zero-order chi connectivity index (χ0) is 81.0. The zero-order valence-corrected chi connectivity index (χ0v) is 65.7. The van der Waals surface area contributed by atoms with Gasteiger partial charge in [-0.15, -0.1) is 25.5 Å². The fourth-order valence-corrected chi connectivity index (χ4v) is 13.6. The van der Waals surface area contributed by atoms with Crippen molar-refractivity contribution >= 4 is 83.4 Å². The fraction of sp³-hybridized carbons (Fsp3) is 0.390. The number of aromatic amines is 5. The summed E-state index contributed by atoms with van der Waals surface area (Å²) in [6.45, 7) is 18.8. The van der Waals surface area contributed by atoms with Crippen molar-refractivity contribution in [3.8, 4) is 0 Å². The average molecular weight is 1580 g/mol. The summed E-state index contributed by atoms with van der Waals surface area (Å²) >= 11 is 0. The van der Waals surface area contributed by atoms with Crippen LogP contribution in [0, 0.1) is 0 Å². The number of epoxide rings is 5. The third-order valence-electron chi connectivity index (χ3n) is 21.5. The lowest BCUT2D eigenvalue weighted by atomic mass is 10.0. The van der Waals surface area contributed by atoms with Crippen LogP contribution in [0.2, 0.25) is 0 Å². The molecule has 5 saturated heterocycles. The SMILES string of the molecule is CC(C)(C1CO1)n1cc(CCC(=O)c2n[nH]c3ccccc23)nn1.CC(C1CO1)n1cc(CCC(=O)c2n[nH]c3ccccc23)nn1.CC1(C)OC1Cn1cc(CCC(=O)c2n[nH]c3ccccc23)nn1.CC1(Cn2cc(CCC(=O)c3n[nH]c4ccccc34)nn2)CO1.CC1OC1Cn1cc(CCC(=O)c2n[nH]c3ccccc23)nn1. The van der Waals surface area contributed by atoms with E-state index in [9.17, 15) is 24.0 Å². The fourth-order valence-electron chi connectivity index (χ4n) is 13.6. The van der Waals surface area contributed by atoms with Gasteiger partial charge in [-0.2, -0.15) is 25.5 Å². The number of hydrogen-bond donors (Lipinski definition) is 5. The first-order chi connectivity index (χ1) is 56.6. The van der Waals surface area contributed by atoms with Gasteiger partial charge in [0.25, 0.3) is 0 Å². The van der Waals surface area contributed by atoms with E-state index in [1.165, 1.54) is 0 Å². The van der Waals surface area contributed by atoms with E-state index >= 15 is 0 Å². The molecule has 5 aliphatic rings. The van der Waals surface area contributed by atoms with Crippen LogP contribution in [0.5, 0.6) is 0 Å². The van der Waals surface area contributed by atoms with Gasteiger partial charge in [-0.1, -0.05) is 117 Å². The molecule has 15 aromatic rings. The molecule has 0 radical (unpaired) electrons. The van der Waals surface area contributed by atoms with Crippen molar-refractivity contribution in [2.45, 2.75) is 186 Å². The first-order valence-corrected chi connectivity index (χ1v) is 39.2. The molecular weight excluding hydrogens is 1500 g/mol. The molecule has 0 saturated carbocycles. The van der Waals surface area contributed by atoms with Gasteiger partial charge in [0.15, 0.2) is 28.9 Å². The minimum atomic E-state index is -0.215. The second-order valence-electron chi connectivity index (χ2n) is 31.2. The van der Waals surface area contributed by atoms with Crippen LogP contribution in [0.4, 0.5) is 0 Å². The summed E-state index contributed by atoms with van der Waals surface area (Å²) in [5.74, 6) is 0.0432. The second-order valence-corrected chi connectivity index (χ2v) is 31.2. The first kappa shape index (κ1) is 78.2. The van der Waals surface area contributed by atoms with Gasteiger partial charge in [-0.05, 0) is 78.8 Å². The van der Waals surface area contributed by atoms with Crippen LogP contribution in [-0.4, -0.2) is 216 Å². The molecular formula is C82H89N25O10. The van der Waals surface area contributed by atoms with Crippen molar-refractivity contribution in [3.05, 3.63) is 209 Å². The number of carbonyl (C=O) groups excluding carboxylic acids is 5. The van der Waals surface area contributed by atoms with Crippen LogP contribution in [0.1, 0.15) is 168 Å². The number of aryl methyl sites for hydroxylation is 5. The molecule has 5 aromatic carbocycles. The van der Waals surface area contributed by atoms with Crippen LogP contribution in [0.25, 0.3) is 54.5 Å². The van der Waals surface area contributed by atoms with Gasteiger partial charge in [0.1, 0.15) is 58.5 Å². The number of para-hydroxylation sites is 5. The number of nitrogens with zero attached hydrogens (tertiary/aromatic N) is 20. The highest BCUT2D eigenvalue weighted by Crippen LogP contribution is 2.37. The summed E-state index contributed by atoms with van der Waals surface area (Å²) in [4.78, 5) is 62.0. The van der Waals surface area contributed by atoms with Gasteiger partial charge >= 0.3 is 0 Å². The van der Waals surface area contributed by atoms with Gasteiger partial charge in [0.05, 0.1) is 119 Å². The van der Waals surface area contributed by atoms with Crippen molar-refractivity contribution < 1.29 is 47.7 Å². The van der Waals surface area contributed by atoms with Gasteiger partial charge in [0.2, 0.25) is 0 Å². The maximum Gasteiger partial charge on any atom is 0.184 e. The summed E-state index contributed by atoms with van der Waals surface area (Å²) in [7, 11) is 0. The van der Waals surface area contributed by atoms with E-state index in [4.69, 9.17) is 23.7 Å². The van der Waals surface area contributed by atoms with Crippen LogP contribution < -0.4 is 0 Å². The third-order valence-corrected chi connectivity index (χ3v) is 21.5. The number of Topliss-reactive ketones (excluding diaryl/α,β-unsaturated/α-hetero) is 5. The Labute approximate surface area is 668 Å².